The van der Waals surface area contributed by atoms with Crippen LogP contribution in [0.25, 0.3) is 0 Å². The Bertz CT molecular complexity index is 354. The molecule has 0 bridgehead atoms. The Hall–Kier alpha value is -0.0900. The van der Waals surface area contributed by atoms with Crippen molar-refractivity contribution in [3.8, 4) is 0 Å². The molecule has 4 heteroatoms. The second-order valence-corrected chi connectivity index (χ2v) is 6.67. The SMILES string of the molecule is CCCNC(c1cc(C)c(Cl)s1)C1CCOCC1. The quantitative estimate of drug-likeness (QED) is 0.877. The Balaban J connectivity index is 2.12. The van der Waals surface area contributed by atoms with Crippen molar-refractivity contribution in [3.05, 3.63) is 20.8 Å². The van der Waals surface area contributed by atoms with Crippen LogP contribution >= 0.6 is 22.9 Å². The summed E-state index contributed by atoms with van der Waals surface area (Å²) in [5.41, 5.74) is 1.20. The van der Waals surface area contributed by atoms with Crippen LogP contribution in [0.5, 0.6) is 0 Å². The molecule has 0 aliphatic carbocycles. The first-order valence-corrected chi connectivity index (χ1v) is 7.98. The molecule has 102 valence electrons. The molecule has 1 aliphatic rings. The third kappa shape index (κ3) is 3.47. The minimum atomic E-state index is 0.449. The molecule has 1 unspecified atom stereocenters. The molecular weight excluding hydrogens is 266 g/mol. The van der Waals surface area contributed by atoms with Crippen LogP contribution in [-0.4, -0.2) is 19.8 Å². The molecule has 1 saturated heterocycles. The smallest absolute Gasteiger partial charge is 0.0960 e. The third-order valence-electron chi connectivity index (χ3n) is 3.53. The Morgan fingerprint density at radius 3 is 2.78 bits per heavy atom. The average Bonchev–Trinajstić information content (AvgIpc) is 2.71. The maximum Gasteiger partial charge on any atom is 0.0960 e. The number of ether oxygens (including phenoxy) is 1. The van der Waals surface area contributed by atoms with Gasteiger partial charge in [0.15, 0.2) is 0 Å². The van der Waals surface area contributed by atoms with E-state index in [-0.39, 0.29) is 0 Å². The van der Waals surface area contributed by atoms with Gasteiger partial charge in [-0.05, 0) is 50.3 Å². The Morgan fingerprint density at radius 2 is 2.22 bits per heavy atom. The van der Waals surface area contributed by atoms with Gasteiger partial charge in [0, 0.05) is 24.1 Å². The molecule has 2 nitrogen and oxygen atoms in total. The van der Waals surface area contributed by atoms with Gasteiger partial charge < -0.3 is 10.1 Å². The first kappa shape index (κ1) is 14.3. The zero-order valence-corrected chi connectivity index (χ0v) is 12.7. The molecule has 0 radical (unpaired) electrons. The van der Waals surface area contributed by atoms with Gasteiger partial charge in [-0.1, -0.05) is 18.5 Å². The molecule has 0 aromatic carbocycles. The van der Waals surface area contributed by atoms with Crippen molar-refractivity contribution in [2.75, 3.05) is 19.8 Å². The van der Waals surface area contributed by atoms with Crippen molar-refractivity contribution in [2.45, 2.75) is 39.2 Å². The summed E-state index contributed by atoms with van der Waals surface area (Å²) in [6.45, 7) is 7.15. The van der Waals surface area contributed by atoms with E-state index in [1.54, 1.807) is 11.3 Å². The molecule has 0 saturated carbocycles. The highest BCUT2D eigenvalue weighted by molar-refractivity contribution is 7.16. The Labute approximate surface area is 119 Å². The van der Waals surface area contributed by atoms with Crippen molar-refractivity contribution in [3.63, 3.8) is 0 Å². The van der Waals surface area contributed by atoms with Gasteiger partial charge in [-0.3, -0.25) is 0 Å². The molecule has 18 heavy (non-hydrogen) atoms. The zero-order valence-electron chi connectivity index (χ0n) is 11.2. The van der Waals surface area contributed by atoms with Crippen LogP contribution in [0.3, 0.4) is 0 Å². The van der Waals surface area contributed by atoms with Crippen LogP contribution in [0.2, 0.25) is 4.34 Å². The number of rotatable bonds is 5. The van der Waals surface area contributed by atoms with E-state index < -0.39 is 0 Å². The number of hydrogen-bond acceptors (Lipinski definition) is 3. The predicted molar refractivity (Wildman–Crippen MR) is 78.6 cm³/mol. The molecule has 1 N–H and O–H groups in total. The molecule has 1 aromatic heterocycles. The van der Waals surface area contributed by atoms with Crippen LogP contribution in [0.4, 0.5) is 0 Å². The second kappa shape index (κ2) is 6.90. The van der Waals surface area contributed by atoms with Gasteiger partial charge in [0.1, 0.15) is 0 Å². The van der Waals surface area contributed by atoms with Gasteiger partial charge in [0.05, 0.1) is 4.34 Å². The Kier molecular flexibility index (Phi) is 5.49. The number of halogens is 1. The highest BCUT2D eigenvalue weighted by atomic mass is 35.5. The van der Waals surface area contributed by atoms with Crippen LogP contribution in [0, 0.1) is 12.8 Å². The summed E-state index contributed by atoms with van der Waals surface area (Å²) < 4.78 is 6.40. The molecular formula is C14H22ClNOS. The summed E-state index contributed by atoms with van der Waals surface area (Å²) in [5, 5.41) is 3.69. The van der Waals surface area contributed by atoms with Crippen molar-refractivity contribution in [1.82, 2.24) is 5.32 Å². The van der Waals surface area contributed by atoms with Crippen LogP contribution in [0.1, 0.15) is 42.7 Å². The molecule has 1 fully saturated rings. The van der Waals surface area contributed by atoms with Crippen molar-refractivity contribution in [2.24, 2.45) is 5.92 Å². The molecule has 2 heterocycles. The fourth-order valence-electron chi connectivity index (χ4n) is 2.49. The van der Waals surface area contributed by atoms with Crippen molar-refractivity contribution >= 4 is 22.9 Å². The molecule has 0 amide bonds. The summed E-state index contributed by atoms with van der Waals surface area (Å²) in [6, 6.07) is 2.69. The summed E-state index contributed by atoms with van der Waals surface area (Å²) in [6.07, 6.45) is 3.46. The molecule has 1 aliphatic heterocycles. The highest BCUT2D eigenvalue weighted by Gasteiger charge is 2.26. The van der Waals surface area contributed by atoms with Gasteiger partial charge in [-0.25, -0.2) is 0 Å². The van der Waals surface area contributed by atoms with E-state index in [2.05, 4.69) is 25.2 Å². The van der Waals surface area contributed by atoms with Crippen LogP contribution < -0.4 is 5.32 Å². The molecule has 1 aromatic rings. The number of aryl methyl sites for hydroxylation is 1. The van der Waals surface area contributed by atoms with E-state index in [0.717, 1.165) is 43.4 Å². The maximum atomic E-state index is 6.21. The lowest BCUT2D eigenvalue weighted by atomic mass is 9.90. The lowest BCUT2D eigenvalue weighted by molar-refractivity contribution is 0.0540. The van der Waals surface area contributed by atoms with Crippen LogP contribution in [0.15, 0.2) is 6.07 Å². The lowest BCUT2D eigenvalue weighted by Crippen LogP contribution is -2.32. The maximum absolute atomic E-state index is 6.21. The van der Waals surface area contributed by atoms with E-state index in [4.69, 9.17) is 16.3 Å². The first-order valence-electron chi connectivity index (χ1n) is 6.79. The van der Waals surface area contributed by atoms with Gasteiger partial charge in [-0.2, -0.15) is 0 Å². The largest absolute Gasteiger partial charge is 0.381 e. The van der Waals surface area contributed by atoms with E-state index in [9.17, 15) is 0 Å². The molecule has 2 rings (SSSR count). The Morgan fingerprint density at radius 1 is 1.50 bits per heavy atom. The summed E-state index contributed by atoms with van der Waals surface area (Å²) in [7, 11) is 0. The summed E-state index contributed by atoms with van der Waals surface area (Å²) in [4.78, 5) is 1.39. The fourth-order valence-corrected chi connectivity index (χ4v) is 3.87. The predicted octanol–water partition coefficient (Wildman–Crippen LogP) is 4.18. The second-order valence-electron chi connectivity index (χ2n) is 4.99. The lowest BCUT2D eigenvalue weighted by Gasteiger charge is -2.30. The van der Waals surface area contributed by atoms with Gasteiger partial charge >= 0.3 is 0 Å². The first-order chi connectivity index (χ1) is 8.72. The summed E-state index contributed by atoms with van der Waals surface area (Å²) in [5.74, 6) is 0.680. The third-order valence-corrected chi connectivity index (χ3v) is 5.17. The molecule has 1 atom stereocenters. The van der Waals surface area contributed by atoms with Crippen molar-refractivity contribution < 1.29 is 4.74 Å². The van der Waals surface area contributed by atoms with Crippen LogP contribution in [-0.2, 0) is 4.74 Å². The topological polar surface area (TPSA) is 21.3 Å². The van der Waals surface area contributed by atoms with E-state index in [0.29, 0.717) is 12.0 Å². The van der Waals surface area contributed by atoms with E-state index in [1.807, 2.05) is 0 Å². The zero-order chi connectivity index (χ0) is 13.0. The minimum absolute atomic E-state index is 0.449. The number of hydrogen-bond donors (Lipinski definition) is 1. The average molecular weight is 288 g/mol. The monoisotopic (exact) mass is 287 g/mol. The normalized spacial score (nSPS) is 19.1. The van der Waals surface area contributed by atoms with E-state index >= 15 is 0 Å². The molecule has 0 spiro atoms. The van der Waals surface area contributed by atoms with Crippen molar-refractivity contribution in [1.29, 1.82) is 0 Å². The number of thiophene rings is 1. The van der Waals surface area contributed by atoms with Gasteiger partial charge in [-0.15, -0.1) is 11.3 Å². The fraction of sp³-hybridized carbons (Fsp3) is 0.714. The summed E-state index contributed by atoms with van der Waals surface area (Å²) >= 11 is 7.94. The highest BCUT2D eigenvalue weighted by Crippen LogP contribution is 2.37. The minimum Gasteiger partial charge on any atom is -0.381 e. The van der Waals surface area contributed by atoms with E-state index in [1.165, 1.54) is 10.4 Å². The van der Waals surface area contributed by atoms with Gasteiger partial charge in [0.25, 0.3) is 0 Å². The standard InChI is InChI=1S/C14H22ClNOS/c1-3-6-16-13(11-4-7-17-8-5-11)12-9-10(2)14(15)18-12/h9,11,13,16H,3-8H2,1-2H3. The number of nitrogens with one attached hydrogen (secondary N) is 1. The van der Waals surface area contributed by atoms with Gasteiger partial charge in [0.2, 0.25) is 0 Å².